The quantitative estimate of drug-likeness (QED) is 0.421. The lowest BCUT2D eigenvalue weighted by atomic mass is 10.1. The van der Waals surface area contributed by atoms with Crippen molar-refractivity contribution in [2.45, 2.75) is 26.3 Å². The van der Waals surface area contributed by atoms with Crippen molar-refractivity contribution in [2.24, 2.45) is 0 Å². The van der Waals surface area contributed by atoms with Gasteiger partial charge in [-0.25, -0.2) is 4.98 Å². The molecule has 30 heavy (non-hydrogen) atoms. The summed E-state index contributed by atoms with van der Waals surface area (Å²) in [6, 6.07) is 19.9. The number of anilines is 1. The van der Waals surface area contributed by atoms with Gasteiger partial charge in [-0.05, 0) is 55.3 Å². The summed E-state index contributed by atoms with van der Waals surface area (Å²) >= 11 is 0. The molecule has 0 atom stereocenters. The summed E-state index contributed by atoms with van der Waals surface area (Å²) in [5, 5.41) is 3.00. The summed E-state index contributed by atoms with van der Waals surface area (Å²) < 4.78 is 9.55. The van der Waals surface area contributed by atoms with E-state index < -0.39 is 0 Å². The molecule has 2 aromatic heterocycles. The maximum absolute atomic E-state index is 12.7. The maximum Gasteiger partial charge on any atom is 0.231 e. The Morgan fingerprint density at radius 3 is 2.57 bits per heavy atom. The first kappa shape index (κ1) is 19.9. The van der Waals surface area contributed by atoms with Gasteiger partial charge in [0.25, 0.3) is 0 Å². The molecule has 4 aromatic rings. The third-order valence-electron chi connectivity index (χ3n) is 4.98. The van der Waals surface area contributed by atoms with Crippen molar-refractivity contribution < 1.29 is 9.53 Å². The molecule has 0 saturated carbocycles. The largest absolute Gasteiger partial charge is 0.382 e. The van der Waals surface area contributed by atoms with Gasteiger partial charge in [0.05, 0.1) is 17.5 Å². The topological polar surface area (TPSA) is 61.1 Å². The number of ether oxygens (including phenoxy) is 1. The van der Waals surface area contributed by atoms with Crippen molar-refractivity contribution in [3.8, 4) is 5.69 Å². The first-order valence-corrected chi connectivity index (χ1v) is 10.3. The average molecular weight is 402 g/mol. The van der Waals surface area contributed by atoms with E-state index in [0.29, 0.717) is 25.6 Å². The van der Waals surface area contributed by atoms with Gasteiger partial charge in [-0.2, -0.15) is 0 Å². The minimum atomic E-state index is -0.0786. The lowest BCUT2D eigenvalue weighted by Gasteiger charge is -2.11. The van der Waals surface area contributed by atoms with Crippen molar-refractivity contribution in [1.29, 1.82) is 0 Å². The first-order valence-electron chi connectivity index (χ1n) is 10.3. The minimum Gasteiger partial charge on any atom is -0.382 e. The monoisotopic (exact) mass is 402 g/mol. The van der Waals surface area contributed by atoms with E-state index in [1.807, 2.05) is 84.5 Å². The van der Waals surface area contributed by atoms with Crippen LogP contribution in [-0.4, -0.2) is 33.2 Å². The molecule has 154 valence electrons. The van der Waals surface area contributed by atoms with E-state index in [2.05, 4.69) is 14.9 Å². The summed E-state index contributed by atoms with van der Waals surface area (Å²) in [4.78, 5) is 17.3. The second-order valence-corrected chi connectivity index (χ2v) is 7.11. The average Bonchev–Trinajstić information content (AvgIpc) is 3.40. The Balaban J connectivity index is 1.45. The van der Waals surface area contributed by atoms with Crippen LogP contribution in [0.25, 0.3) is 16.7 Å². The lowest BCUT2D eigenvalue weighted by molar-refractivity contribution is -0.115. The second kappa shape index (κ2) is 9.41. The Hall–Kier alpha value is -3.38. The van der Waals surface area contributed by atoms with Gasteiger partial charge in [-0.3, -0.25) is 10.1 Å². The highest BCUT2D eigenvalue weighted by molar-refractivity contribution is 5.92. The lowest BCUT2D eigenvalue weighted by Crippen LogP contribution is -2.18. The maximum atomic E-state index is 12.7. The number of aromatic nitrogens is 3. The van der Waals surface area contributed by atoms with Gasteiger partial charge in [0.15, 0.2) is 0 Å². The van der Waals surface area contributed by atoms with Gasteiger partial charge in [0.2, 0.25) is 11.9 Å². The predicted octanol–water partition coefficient (Wildman–Crippen LogP) is 4.43. The molecule has 1 amide bonds. The molecule has 0 bridgehead atoms. The molecule has 0 aliphatic heterocycles. The Kier molecular flexibility index (Phi) is 6.25. The molecular weight excluding hydrogens is 376 g/mol. The minimum absolute atomic E-state index is 0.0786. The van der Waals surface area contributed by atoms with E-state index >= 15 is 0 Å². The van der Waals surface area contributed by atoms with Crippen LogP contribution < -0.4 is 5.32 Å². The number of carbonyl (C=O) groups excluding carboxylic acids is 1. The zero-order valence-corrected chi connectivity index (χ0v) is 17.1. The highest BCUT2D eigenvalue weighted by Crippen LogP contribution is 2.20. The predicted molar refractivity (Wildman–Crippen MR) is 119 cm³/mol. The molecule has 2 heterocycles. The number of rotatable bonds is 9. The number of hydrogen-bond acceptors (Lipinski definition) is 3. The summed E-state index contributed by atoms with van der Waals surface area (Å²) in [5.41, 5.74) is 3.92. The van der Waals surface area contributed by atoms with Crippen molar-refractivity contribution in [3.63, 3.8) is 0 Å². The van der Waals surface area contributed by atoms with Gasteiger partial charge in [-0.1, -0.05) is 24.3 Å². The third kappa shape index (κ3) is 4.60. The highest BCUT2D eigenvalue weighted by atomic mass is 16.5. The number of nitrogens with one attached hydrogen (secondary N) is 1. The van der Waals surface area contributed by atoms with Crippen molar-refractivity contribution in [3.05, 3.63) is 78.6 Å². The number of benzene rings is 2. The Labute approximate surface area is 176 Å². The summed E-state index contributed by atoms with van der Waals surface area (Å²) in [5.74, 6) is 0.506. The number of amides is 1. The van der Waals surface area contributed by atoms with E-state index in [4.69, 9.17) is 4.74 Å². The van der Waals surface area contributed by atoms with Crippen LogP contribution in [0, 0.1) is 0 Å². The fraction of sp³-hybridized carbons (Fsp3) is 0.250. The molecule has 4 rings (SSSR count). The van der Waals surface area contributed by atoms with Crippen LogP contribution in [0.4, 0.5) is 5.95 Å². The van der Waals surface area contributed by atoms with E-state index in [1.165, 1.54) is 0 Å². The van der Waals surface area contributed by atoms with Crippen LogP contribution in [0.2, 0.25) is 0 Å². The highest BCUT2D eigenvalue weighted by Gasteiger charge is 2.13. The van der Waals surface area contributed by atoms with Crippen LogP contribution in [0.3, 0.4) is 0 Å². The molecule has 0 radical (unpaired) electrons. The Bertz CT molecular complexity index is 1100. The smallest absolute Gasteiger partial charge is 0.231 e. The second-order valence-electron chi connectivity index (χ2n) is 7.11. The molecule has 0 spiro atoms. The molecule has 1 N–H and O–H groups in total. The van der Waals surface area contributed by atoms with E-state index in [0.717, 1.165) is 35.2 Å². The van der Waals surface area contributed by atoms with Crippen LogP contribution in [0.5, 0.6) is 0 Å². The molecule has 0 fully saturated rings. The van der Waals surface area contributed by atoms with Gasteiger partial charge in [-0.15, -0.1) is 0 Å². The zero-order valence-electron chi connectivity index (χ0n) is 17.1. The molecule has 0 unspecified atom stereocenters. The molecule has 2 aromatic carbocycles. The van der Waals surface area contributed by atoms with Crippen LogP contribution in [0.1, 0.15) is 18.9 Å². The molecule has 0 saturated heterocycles. The molecule has 6 heteroatoms. The number of para-hydroxylation sites is 2. The number of imidazole rings is 1. The molecule has 0 aliphatic carbocycles. The SMILES string of the molecule is CCOCCCn1c(NC(=O)Cc2ccc(-n3cccc3)cc2)nc2ccccc21. The van der Waals surface area contributed by atoms with Gasteiger partial charge < -0.3 is 13.9 Å². The first-order chi connectivity index (χ1) is 14.7. The molecule has 0 aliphatic rings. The normalized spacial score (nSPS) is 11.1. The van der Waals surface area contributed by atoms with Crippen LogP contribution in [-0.2, 0) is 22.5 Å². The fourth-order valence-corrected chi connectivity index (χ4v) is 3.51. The fourth-order valence-electron chi connectivity index (χ4n) is 3.51. The molecular formula is C24H26N4O2. The van der Waals surface area contributed by atoms with Crippen LogP contribution >= 0.6 is 0 Å². The van der Waals surface area contributed by atoms with Gasteiger partial charge >= 0.3 is 0 Å². The summed E-state index contributed by atoms with van der Waals surface area (Å²) in [6.45, 7) is 4.12. The van der Waals surface area contributed by atoms with Crippen molar-refractivity contribution >= 4 is 22.9 Å². The number of carbonyl (C=O) groups is 1. The van der Waals surface area contributed by atoms with E-state index in [9.17, 15) is 4.79 Å². The molecule has 6 nitrogen and oxygen atoms in total. The Morgan fingerprint density at radius 1 is 1.03 bits per heavy atom. The summed E-state index contributed by atoms with van der Waals surface area (Å²) in [6.07, 6.45) is 5.15. The van der Waals surface area contributed by atoms with Crippen molar-refractivity contribution in [1.82, 2.24) is 14.1 Å². The van der Waals surface area contributed by atoms with Gasteiger partial charge in [0.1, 0.15) is 0 Å². The van der Waals surface area contributed by atoms with E-state index in [-0.39, 0.29) is 5.91 Å². The number of fused-ring (bicyclic) bond motifs is 1. The summed E-state index contributed by atoms with van der Waals surface area (Å²) in [7, 11) is 0. The van der Waals surface area contributed by atoms with Gasteiger partial charge in [0, 0.05) is 37.8 Å². The van der Waals surface area contributed by atoms with Crippen molar-refractivity contribution in [2.75, 3.05) is 18.5 Å². The number of hydrogen-bond donors (Lipinski definition) is 1. The standard InChI is InChI=1S/C24H26N4O2/c1-2-30-17-7-16-28-22-9-4-3-8-21(22)25-24(28)26-23(29)18-19-10-12-20(13-11-19)27-14-5-6-15-27/h3-6,8-15H,2,7,16-18H2,1H3,(H,25,26,29). The Morgan fingerprint density at radius 2 is 1.80 bits per heavy atom. The van der Waals surface area contributed by atoms with Crippen LogP contribution in [0.15, 0.2) is 73.1 Å². The zero-order chi connectivity index (χ0) is 20.8. The van der Waals surface area contributed by atoms with E-state index in [1.54, 1.807) is 0 Å². The number of nitrogens with zero attached hydrogens (tertiary/aromatic N) is 3. The number of aryl methyl sites for hydroxylation is 1. The third-order valence-corrected chi connectivity index (χ3v) is 4.98.